The Morgan fingerprint density at radius 3 is 2.78 bits per heavy atom. The molecule has 1 fully saturated rings. The van der Waals surface area contributed by atoms with Gasteiger partial charge in [-0.25, -0.2) is 13.6 Å². The first-order valence-electron chi connectivity index (χ1n) is 5.67. The van der Waals surface area contributed by atoms with Crippen LogP contribution >= 0.6 is 0 Å². The molecular weight excluding hydrogens is 254 g/mol. The molecule has 1 aliphatic heterocycles. The number of ether oxygens (including phenoxy) is 1. The minimum atomic E-state index is -3.80. The maximum atomic E-state index is 11.4. The predicted molar refractivity (Wildman–Crippen MR) is 69.9 cm³/mol. The molecule has 0 radical (unpaired) electrons. The highest BCUT2D eigenvalue weighted by molar-refractivity contribution is 7.89. The Morgan fingerprint density at radius 2 is 2.17 bits per heavy atom. The van der Waals surface area contributed by atoms with E-state index in [0.717, 1.165) is 0 Å². The molecule has 1 aromatic rings. The van der Waals surface area contributed by atoms with E-state index in [1.165, 1.54) is 6.07 Å². The van der Waals surface area contributed by atoms with Gasteiger partial charge in [-0.2, -0.15) is 0 Å². The zero-order valence-corrected chi connectivity index (χ0v) is 11.0. The number of para-hydroxylation sites is 1. The van der Waals surface area contributed by atoms with E-state index >= 15 is 0 Å². The lowest BCUT2D eigenvalue weighted by molar-refractivity contribution is 0.0990. The van der Waals surface area contributed by atoms with Crippen LogP contribution in [0.2, 0.25) is 0 Å². The normalized spacial score (nSPS) is 21.0. The van der Waals surface area contributed by atoms with Crippen LogP contribution in [0.4, 0.5) is 11.4 Å². The Bertz CT molecular complexity index is 544. The van der Waals surface area contributed by atoms with Gasteiger partial charge in [0.05, 0.1) is 24.6 Å². The van der Waals surface area contributed by atoms with Crippen molar-refractivity contribution in [2.45, 2.75) is 17.9 Å². The quantitative estimate of drug-likeness (QED) is 0.746. The fourth-order valence-electron chi connectivity index (χ4n) is 2.12. The summed E-state index contributed by atoms with van der Waals surface area (Å²) in [6.45, 7) is 3.88. The summed E-state index contributed by atoms with van der Waals surface area (Å²) in [5, 5.41) is 5.14. The highest BCUT2D eigenvalue weighted by atomic mass is 32.2. The summed E-state index contributed by atoms with van der Waals surface area (Å²) >= 11 is 0. The molecule has 1 atom stereocenters. The van der Waals surface area contributed by atoms with Crippen LogP contribution in [0.5, 0.6) is 0 Å². The number of nitrogens with zero attached hydrogens (tertiary/aromatic N) is 1. The highest BCUT2D eigenvalue weighted by Gasteiger charge is 2.23. The molecule has 0 aliphatic carbocycles. The van der Waals surface area contributed by atoms with Crippen molar-refractivity contribution in [3.8, 4) is 0 Å². The van der Waals surface area contributed by atoms with Crippen LogP contribution in [-0.2, 0) is 14.8 Å². The van der Waals surface area contributed by atoms with Gasteiger partial charge in [0.1, 0.15) is 4.90 Å². The van der Waals surface area contributed by atoms with Crippen molar-refractivity contribution in [2.24, 2.45) is 5.14 Å². The molecule has 0 bridgehead atoms. The lowest BCUT2D eigenvalue weighted by Crippen LogP contribution is -2.44. The maximum absolute atomic E-state index is 11.4. The van der Waals surface area contributed by atoms with Gasteiger partial charge >= 0.3 is 0 Å². The van der Waals surface area contributed by atoms with Gasteiger partial charge in [-0.15, -0.1) is 0 Å². The van der Waals surface area contributed by atoms with Crippen LogP contribution in [0.1, 0.15) is 6.92 Å². The molecule has 0 saturated carbocycles. The van der Waals surface area contributed by atoms with E-state index < -0.39 is 10.0 Å². The van der Waals surface area contributed by atoms with Crippen molar-refractivity contribution in [3.63, 3.8) is 0 Å². The number of primary sulfonamides is 1. The molecule has 1 heterocycles. The first-order chi connectivity index (χ1) is 8.41. The molecule has 0 aromatic heterocycles. The Morgan fingerprint density at radius 1 is 1.44 bits per heavy atom. The molecule has 1 unspecified atom stereocenters. The van der Waals surface area contributed by atoms with Crippen LogP contribution in [-0.4, -0.2) is 34.2 Å². The first kappa shape index (κ1) is 13.1. The molecule has 0 amide bonds. The standard InChI is InChI=1S/C11H17N3O3S/c1-8-7-17-6-5-14(8)9-3-2-4-10(11(9)12)18(13,15)16/h2-4,8H,5-7,12H2,1H3,(H2,13,15,16). The molecule has 1 aromatic carbocycles. The van der Waals surface area contributed by atoms with Crippen molar-refractivity contribution in [2.75, 3.05) is 30.4 Å². The number of nitrogens with two attached hydrogens (primary N) is 2. The second-order valence-corrected chi connectivity index (χ2v) is 5.88. The molecule has 7 heteroatoms. The van der Waals surface area contributed by atoms with Crippen molar-refractivity contribution >= 4 is 21.4 Å². The summed E-state index contributed by atoms with van der Waals surface area (Å²) in [5.74, 6) is 0. The van der Waals surface area contributed by atoms with Crippen LogP contribution < -0.4 is 15.8 Å². The second-order valence-electron chi connectivity index (χ2n) is 4.35. The number of benzene rings is 1. The third kappa shape index (κ3) is 2.43. The van der Waals surface area contributed by atoms with E-state index in [2.05, 4.69) is 0 Å². The van der Waals surface area contributed by atoms with Crippen molar-refractivity contribution in [1.82, 2.24) is 0 Å². The molecule has 100 valence electrons. The summed E-state index contributed by atoms with van der Waals surface area (Å²) < 4.78 is 28.2. The average molecular weight is 271 g/mol. The summed E-state index contributed by atoms with van der Waals surface area (Å²) in [4.78, 5) is 2.01. The van der Waals surface area contributed by atoms with Crippen molar-refractivity contribution in [3.05, 3.63) is 18.2 Å². The Kier molecular flexibility index (Phi) is 3.47. The van der Waals surface area contributed by atoms with Crippen LogP contribution in [0.25, 0.3) is 0 Å². The third-order valence-electron chi connectivity index (χ3n) is 3.03. The zero-order valence-electron chi connectivity index (χ0n) is 10.2. The van der Waals surface area contributed by atoms with E-state index in [1.54, 1.807) is 12.1 Å². The number of hydrogen-bond donors (Lipinski definition) is 2. The lowest BCUT2D eigenvalue weighted by atomic mass is 10.2. The minimum absolute atomic E-state index is 0.0290. The largest absolute Gasteiger partial charge is 0.396 e. The predicted octanol–water partition coefficient (Wildman–Crippen LogP) is 0.141. The topological polar surface area (TPSA) is 98.6 Å². The second kappa shape index (κ2) is 4.75. The molecule has 1 saturated heterocycles. The Hall–Kier alpha value is -1.31. The average Bonchev–Trinajstić information content (AvgIpc) is 2.29. The van der Waals surface area contributed by atoms with Crippen molar-refractivity contribution in [1.29, 1.82) is 0 Å². The number of morpholine rings is 1. The van der Waals surface area contributed by atoms with E-state index in [1.807, 2.05) is 11.8 Å². The summed E-state index contributed by atoms with van der Waals surface area (Å²) in [5.41, 5.74) is 6.82. The fourth-order valence-corrected chi connectivity index (χ4v) is 2.80. The Balaban J connectivity index is 2.46. The maximum Gasteiger partial charge on any atom is 0.240 e. The summed E-state index contributed by atoms with van der Waals surface area (Å²) in [6, 6.07) is 5.01. The van der Waals surface area contributed by atoms with E-state index in [9.17, 15) is 8.42 Å². The molecular formula is C11H17N3O3S. The smallest absolute Gasteiger partial charge is 0.240 e. The van der Waals surface area contributed by atoms with Gasteiger partial charge in [0.15, 0.2) is 0 Å². The van der Waals surface area contributed by atoms with Gasteiger partial charge in [-0.1, -0.05) is 6.07 Å². The fraction of sp³-hybridized carbons (Fsp3) is 0.455. The van der Waals surface area contributed by atoms with Crippen LogP contribution in [0.15, 0.2) is 23.1 Å². The zero-order chi connectivity index (χ0) is 13.3. The third-order valence-corrected chi connectivity index (χ3v) is 4.00. The lowest BCUT2D eigenvalue weighted by Gasteiger charge is -2.36. The van der Waals surface area contributed by atoms with Gasteiger partial charge in [-0.3, -0.25) is 0 Å². The number of hydrogen-bond acceptors (Lipinski definition) is 5. The molecule has 18 heavy (non-hydrogen) atoms. The SMILES string of the molecule is CC1COCCN1c1cccc(S(N)(=O)=O)c1N. The minimum Gasteiger partial charge on any atom is -0.396 e. The van der Waals surface area contributed by atoms with Gasteiger partial charge < -0.3 is 15.4 Å². The molecule has 1 aliphatic rings. The summed E-state index contributed by atoms with van der Waals surface area (Å²) in [6.07, 6.45) is 0. The molecule has 4 N–H and O–H groups in total. The van der Waals surface area contributed by atoms with Crippen LogP contribution in [0.3, 0.4) is 0 Å². The van der Waals surface area contributed by atoms with E-state index in [0.29, 0.717) is 25.4 Å². The molecule has 2 rings (SSSR count). The summed E-state index contributed by atoms with van der Waals surface area (Å²) in [7, 11) is -3.80. The number of rotatable bonds is 2. The van der Waals surface area contributed by atoms with E-state index in [-0.39, 0.29) is 16.6 Å². The monoisotopic (exact) mass is 271 g/mol. The Labute approximate surface area is 107 Å². The van der Waals surface area contributed by atoms with Crippen LogP contribution in [0, 0.1) is 0 Å². The van der Waals surface area contributed by atoms with Gasteiger partial charge in [-0.05, 0) is 19.1 Å². The number of anilines is 2. The number of sulfonamides is 1. The van der Waals surface area contributed by atoms with Gasteiger partial charge in [0.25, 0.3) is 0 Å². The van der Waals surface area contributed by atoms with Gasteiger partial charge in [0.2, 0.25) is 10.0 Å². The molecule has 6 nitrogen and oxygen atoms in total. The number of nitrogen functional groups attached to an aromatic ring is 1. The van der Waals surface area contributed by atoms with E-state index in [4.69, 9.17) is 15.6 Å². The van der Waals surface area contributed by atoms with Crippen molar-refractivity contribution < 1.29 is 13.2 Å². The van der Waals surface area contributed by atoms with Gasteiger partial charge in [0, 0.05) is 12.6 Å². The first-order valence-corrected chi connectivity index (χ1v) is 7.21. The molecule has 0 spiro atoms. The highest BCUT2D eigenvalue weighted by Crippen LogP contribution is 2.31.